The van der Waals surface area contributed by atoms with Gasteiger partial charge < -0.3 is 5.32 Å². The molecule has 2 aliphatic carbocycles. The lowest BCUT2D eigenvalue weighted by Crippen LogP contribution is -2.52. The third kappa shape index (κ3) is 2.35. The maximum atomic E-state index is 10.8. The first-order valence-electron chi connectivity index (χ1n) is 6.59. The summed E-state index contributed by atoms with van der Waals surface area (Å²) in [6.07, 6.45) is 14.1. The van der Waals surface area contributed by atoms with E-state index in [0.717, 1.165) is 12.3 Å². The Morgan fingerprint density at radius 3 is 2.13 bits per heavy atom. The molecule has 0 atom stereocenters. The van der Waals surface area contributed by atoms with Crippen LogP contribution in [0.25, 0.3) is 0 Å². The molecule has 2 nitrogen and oxygen atoms in total. The number of carbonyl (C=O) groups is 1. The summed E-state index contributed by atoms with van der Waals surface area (Å²) in [4.78, 5) is 10.8. The Morgan fingerprint density at radius 2 is 1.53 bits per heavy atom. The summed E-state index contributed by atoms with van der Waals surface area (Å²) in [6, 6.07) is 0. The van der Waals surface area contributed by atoms with E-state index in [-0.39, 0.29) is 5.54 Å². The van der Waals surface area contributed by atoms with Crippen molar-refractivity contribution >= 4 is 6.41 Å². The third-order valence-corrected chi connectivity index (χ3v) is 4.48. The first-order valence-corrected chi connectivity index (χ1v) is 6.59. The second-order valence-electron chi connectivity index (χ2n) is 5.31. The summed E-state index contributed by atoms with van der Waals surface area (Å²) in [5.41, 5.74) is 0.181. The Morgan fingerprint density at radius 1 is 0.933 bits per heavy atom. The Bertz CT molecular complexity index is 203. The van der Waals surface area contributed by atoms with Crippen LogP contribution in [-0.4, -0.2) is 11.9 Å². The second kappa shape index (κ2) is 5.00. The molecule has 0 unspecified atom stereocenters. The topological polar surface area (TPSA) is 29.1 Å². The molecule has 0 radical (unpaired) electrons. The summed E-state index contributed by atoms with van der Waals surface area (Å²) >= 11 is 0. The van der Waals surface area contributed by atoms with Crippen molar-refractivity contribution in [3.05, 3.63) is 0 Å². The summed E-state index contributed by atoms with van der Waals surface area (Å²) in [5.74, 6) is 0.761. The van der Waals surface area contributed by atoms with Gasteiger partial charge in [-0.25, -0.2) is 0 Å². The normalized spacial score (nSPS) is 27.2. The zero-order valence-corrected chi connectivity index (χ0v) is 9.63. The minimum absolute atomic E-state index is 0.181. The molecule has 0 heterocycles. The molecule has 0 spiro atoms. The van der Waals surface area contributed by atoms with Crippen molar-refractivity contribution in [3.63, 3.8) is 0 Å². The predicted molar refractivity (Wildman–Crippen MR) is 61.6 cm³/mol. The average Bonchev–Trinajstić information content (AvgIpc) is 2.32. The molecule has 2 rings (SSSR count). The minimum Gasteiger partial charge on any atom is -0.353 e. The molecule has 0 aliphatic heterocycles. The van der Waals surface area contributed by atoms with Crippen molar-refractivity contribution in [2.24, 2.45) is 5.92 Å². The molecule has 2 saturated carbocycles. The van der Waals surface area contributed by atoms with Crippen LogP contribution in [0.2, 0.25) is 0 Å². The molecule has 0 aromatic heterocycles. The monoisotopic (exact) mass is 209 g/mol. The number of carbonyl (C=O) groups excluding carboxylic acids is 1. The van der Waals surface area contributed by atoms with Gasteiger partial charge >= 0.3 is 0 Å². The van der Waals surface area contributed by atoms with E-state index in [1.807, 2.05) is 0 Å². The molecular formula is C13H23NO. The van der Waals surface area contributed by atoms with Crippen LogP contribution in [0.5, 0.6) is 0 Å². The zero-order valence-electron chi connectivity index (χ0n) is 9.63. The van der Waals surface area contributed by atoms with Crippen LogP contribution >= 0.6 is 0 Å². The summed E-state index contributed by atoms with van der Waals surface area (Å²) < 4.78 is 0. The first kappa shape index (κ1) is 11.0. The van der Waals surface area contributed by atoms with E-state index in [2.05, 4.69) is 5.32 Å². The Hall–Kier alpha value is -0.530. The molecule has 2 fully saturated rings. The third-order valence-electron chi connectivity index (χ3n) is 4.48. The zero-order chi connectivity index (χ0) is 10.6. The number of nitrogens with one attached hydrogen (secondary N) is 1. The Labute approximate surface area is 92.8 Å². The maximum absolute atomic E-state index is 10.8. The van der Waals surface area contributed by atoms with Crippen LogP contribution in [0.3, 0.4) is 0 Å². The SMILES string of the molecule is O=CNC1(C2CCCCC2)CCCCC1. The fourth-order valence-corrected chi connectivity index (χ4v) is 3.63. The molecular weight excluding hydrogens is 186 g/mol. The highest BCUT2D eigenvalue weighted by atomic mass is 16.1. The van der Waals surface area contributed by atoms with Gasteiger partial charge in [0.2, 0.25) is 6.41 Å². The Kier molecular flexibility index (Phi) is 3.66. The molecule has 1 N–H and O–H groups in total. The molecule has 1 amide bonds. The average molecular weight is 209 g/mol. The number of hydrogen-bond donors (Lipinski definition) is 1. The fraction of sp³-hybridized carbons (Fsp3) is 0.923. The van der Waals surface area contributed by atoms with Gasteiger partial charge in [0.15, 0.2) is 0 Å². The second-order valence-corrected chi connectivity index (χ2v) is 5.31. The number of hydrogen-bond acceptors (Lipinski definition) is 1. The lowest BCUT2D eigenvalue weighted by atomic mass is 9.67. The summed E-state index contributed by atoms with van der Waals surface area (Å²) in [5, 5.41) is 3.19. The van der Waals surface area contributed by atoms with Crippen LogP contribution < -0.4 is 5.32 Å². The van der Waals surface area contributed by atoms with Crippen molar-refractivity contribution < 1.29 is 4.79 Å². The van der Waals surface area contributed by atoms with E-state index >= 15 is 0 Å². The molecule has 0 saturated heterocycles. The van der Waals surface area contributed by atoms with Gasteiger partial charge in [-0.15, -0.1) is 0 Å². The largest absolute Gasteiger partial charge is 0.353 e. The van der Waals surface area contributed by atoms with Crippen LogP contribution in [-0.2, 0) is 4.79 Å². The first-order chi connectivity index (χ1) is 7.37. The van der Waals surface area contributed by atoms with E-state index in [4.69, 9.17) is 0 Å². The van der Waals surface area contributed by atoms with E-state index in [1.54, 1.807) is 0 Å². The predicted octanol–water partition coefficient (Wildman–Crippen LogP) is 3.02. The van der Waals surface area contributed by atoms with Gasteiger partial charge in [-0.3, -0.25) is 4.79 Å². The van der Waals surface area contributed by atoms with Crippen LogP contribution in [0, 0.1) is 5.92 Å². The molecule has 15 heavy (non-hydrogen) atoms. The highest BCUT2D eigenvalue weighted by Crippen LogP contribution is 2.41. The van der Waals surface area contributed by atoms with E-state index in [0.29, 0.717) is 0 Å². The van der Waals surface area contributed by atoms with Gasteiger partial charge in [0.05, 0.1) is 0 Å². The summed E-state index contributed by atoms with van der Waals surface area (Å²) in [7, 11) is 0. The highest BCUT2D eigenvalue weighted by Gasteiger charge is 2.39. The smallest absolute Gasteiger partial charge is 0.207 e. The van der Waals surface area contributed by atoms with Crippen molar-refractivity contribution in [1.29, 1.82) is 0 Å². The van der Waals surface area contributed by atoms with Crippen molar-refractivity contribution in [2.45, 2.75) is 69.7 Å². The quantitative estimate of drug-likeness (QED) is 0.711. The number of amides is 1. The molecule has 2 heteroatoms. The number of rotatable bonds is 3. The van der Waals surface area contributed by atoms with Gasteiger partial charge in [0.25, 0.3) is 0 Å². The van der Waals surface area contributed by atoms with Gasteiger partial charge in [0, 0.05) is 5.54 Å². The molecule has 86 valence electrons. The van der Waals surface area contributed by atoms with Crippen LogP contribution in [0.4, 0.5) is 0 Å². The van der Waals surface area contributed by atoms with Crippen LogP contribution in [0.1, 0.15) is 64.2 Å². The lowest BCUT2D eigenvalue weighted by molar-refractivity contribution is -0.112. The molecule has 0 aromatic rings. The van der Waals surface area contributed by atoms with Gasteiger partial charge in [-0.1, -0.05) is 38.5 Å². The van der Waals surface area contributed by atoms with E-state index < -0.39 is 0 Å². The van der Waals surface area contributed by atoms with Crippen molar-refractivity contribution in [1.82, 2.24) is 5.32 Å². The van der Waals surface area contributed by atoms with E-state index in [9.17, 15) is 4.79 Å². The lowest BCUT2D eigenvalue weighted by Gasteiger charge is -2.45. The van der Waals surface area contributed by atoms with Crippen molar-refractivity contribution in [3.8, 4) is 0 Å². The van der Waals surface area contributed by atoms with Gasteiger partial charge in [-0.05, 0) is 31.6 Å². The van der Waals surface area contributed by atoms with Gasteiger partial charge in [0.1, 0.15) is 0 Å². The van der Waals surface area contributed by atoms with Gasteiger partial charge in [-0.2, -0.15) is 0 Å². The van der Waals surface area contributed by atoms with Crippen molar-refractivity contribution in [2.75, 3.05) is 0 Å². The summed E-state index contributed by atoms with van der Waals surface area (Å²) in [6.45, 7) is 0. The maximum Gasteiger partial charge on any atom is 0.207 e. The standard InChI is InChI=1S/C13H23NO/c15-11-14-13(9-5-2-6-10-13)12-7-3-1-4-8-12/h11-12H,1-10H2,(H,14,15). The Balaban J connectivity index is 2.04. The van der Waals surface area contributed by atoms with E-state index in [1.165, 1.54) is 64.2 Å². The highest BCUT2D eigenvalue weighted by molar-refractivity contribution is 5.48. The molecule has 2 aliphatic rings. The molecule has 0 bridgehead atoms. The fourth-order valence-electron chi connectivity index (χ4n) is 3.63. The van der Waals surface area contributed by atoms with Crippen LogP contribution in [0.15, 0.2) is 0 Å². The minimum atomic E-state index is 0.181. The molecule has 0 aromatic carbocycles.